The number of ether oxygens (including phenoxy) is 1. The Morgan fingerprint density at radius 1 is 1.38 bits per heavy atom. The first kappa shape index (κ1) is 19.3. The minimum atomic E-state index is -0.375. The lowest BCUT2D eigenvalue weighted by Crippen LogP contribution is -2.32. The molecule has 8 heteroatoms. The summed E-state index contributed by atoms with van der Waals surface area (Å²) in [5.41, 5.74) is 2.24. The Labute approximate surface area is 172 Å². The lowest BCUT2D eigenvalue weighted by molar-refractivity contribution is -0.111. The van der Waals surface area contributed by atoms with E-state index in [9.17, 15) is 14.9 Å². The number of carbonyl (C=O) groups is 2. The minimum absolute atomic E-state index is 0.212. The Hall–Kier alpha value is -3.05. The van der Waals surface area contributed by atoms with Gasteiger partial charge in [-0.3, -0.25) is 4.79 Å². The van der Waals surface area contributed by atoms with Gasteiger partial charge in [0, 0.05) is 29.5 Å². The maximum absolute atomic E-state index is 12.2. The van der Waals surface area contributed by atoms with Gasteiger partial charge in [0.05, 0.1) is 18.1 Å². The fraction of sp³-hybridized carbons (Fsp3) is 0.381. The molecule has 0 radical (unpaired) electrons. The van der Waals surface area contributed by atoms with E-state index in [2.05, 4.69) is 16.7 Å². The van der Waals surface area contributed by atoms with Crippen LogP contribution in [0, 0.1) is 17.2 Å². The van der Waals surface area contributed by atoms with Gasteiger partial charge in [0.1, 0.15) is 17.2 Å². The molecule has 0 saturated heterocycles. The number of nitrogens with zero attached hydrogens (tertiary/aromatic N) is 1. The Morgan fingerprint density at radius 3 is 2.97 bits per heavy atom. The van der Waals surface area contributed by atoms with Crippen molar-refractivity contribution in [3.8, 4) is 6.07 Å². The van der Waals surface area contributed by atoms with Gasteiger partial charge in [0.15, 0.2) is 0 Å². The highest BCUT2D eigenvalue weighted by molar-refractivity contribution is 7.16. The molecule has 0 aromatic carbocycles. The maximum Gasteiger partial charge on any atom is 0.407 e. The highest BCUT2D eigenvalue weighted by Crippen LogP contribution is 2.38. The topological polar surface area (TPSA) is 104 Å². The Bertz CT molecular complexity index is 967. The van der Waals surface area contributed by atoms with Crippen molar-refractivity contribution in [1.82, 2.24) is 5.32 Å². The van der Waals surface area contributed by atoms with Gasteiger partial charge < -0.3 is 19.8 Å². The van der Waals surface area contributed by atoms with Crippen molar-refractivity contribution < 1.29 is 18.7 Å². The van der Waals surface area contributed by atoms with Crippen LogP contribution in [0.2, 0.25) is 0 Å². The highest BCUT2D eigenvalue weighted by Gasteiger charge is 2.29. The van der Waals surface area contributed by atoms with Crippen LogP contribution in [-0.2, 0) is 22.4 Å². The molecule has 1 unspecified atom stereocenters. The number of nitriles is 1. The van der Waals surface area contributed by atoms with Crippen molar-refractivity contribution in [1.29, 1.82) is 5.26 Å². The molecule has 2 aliphatic rings. The van der Waals surface area contributed by atoms with Crippen molar-refractivity contribution in [2.45, 2.75) is 38.2 Å². The summed E-state index contributed by atoms with van der Waals surface area (Å²) in [4.78, 5) is 25.2. The summed E-state index contributed by atoms with van der Waals surface area (Å²) in [5, 5.41) is 15.7. The average molecular weight is 411 g/mol. The van der Waals surface area contributed by atoms with Crippen LogP contribution >= 0.6 is 11.3 Å². The van der Waals surface area contributed by atoms with Crippen LogP contribution in [0.25, 0.3) is 6.08 Å². The van der Waals surface area contributed by atoms with E-state index in [1.54, 1.807) is 12.1 Å². The average Bonchev–Trinajstić information content (AvgIpc) is 3.26. The summed E-state index contributed by atoms with van der Waals surface area (Å²) >= 11 is 1.38. The maximum atomic E-state index is 12.2. The smallest absolute Gasteiger partial charge is 0.407 e. The van der Waals surface area contributed by atoms with E-state index in [4.69, 9.17) is 9.15 Å². The van der Waals surface area contributed by atoms with Crippen LogP contribution in [-0.4, -0.2) is 24.6 Å². The Balaban J connectivity index is 1.38. The Kier molecular flexibility index (Phi) is 5.67. The summed E-state index contributed by atoms with van der Waals surface area (Å²) < 4.78 is 10.5. The minimum Gasteiger partial charge on any atom is -0.472 e. The summed E-state index contributed by atoms with van der Waals surface area (Å²) in [5.74, 6) is 0.290. The molecule has 29 heavy (non-hydrogen) atoms. The van der Waals surface area contributed by atoms with Crippen LogP contribution in [0.1, 0.15) is 40.8 Å². The number of amides is 2. The van der Waals surface area contributed by atoms with Gasteiger partial charge in [-0.1, -0.05) is 0 Å². The number of anilines is 1. The monoisotopic (exact) mass is 411 g/mol. The molecule has 0 spiro atoms. The van der Waals surface area contributed by atoms with Crippen molar-refractivity contribution >= 4 is 34.4 Å². The van der Waals surface area contributed by atoms with E-state index in [1.807, 2.05) is 0 Å². The first-order valence-corrected chi connectivity index (χ1v) is 10.4. The van der Waals surface area contributed by atoms with Gasteiger partial charge in [-0.25, -0.2) is 4.79 Å². The third-order valence-electron chi connectivity index (χ3n) is 5.04. The van der Waals surface area contributed by atoms with E-state index < -0.39 is 0 Å². The lowest BCUT2D eigenvalue weighted by Gasteiger charge is -2.22. The van der Waals surface area contributed by atoms with Crippen LogP contribution in [0.4, 0.5) is 9.80 Å². The zero-order valence-corrected chi connectivity index (χ0v) is 16.6. The molecule has 1 fully saturated rings. The second kappa shape index (κ2) is 8.53. The van der Waals surface area contributed by atoms with Gasteiger partial charge in [0.25, 0.3) is 0 Å². The van der Waals surface area contributed by atoms with Gasteiger partial charge in [-0.15, -0.1) is 11.3 Å². The number of nitrogens with one attached hydrogen (secondary N) is 2. The third kappa shape index (κ3) is 4.87. The van der Waals surface area contributed by atoms with Crippen molar-refractivity contribution in [3.05, 3.63) is 46.2 Å². The largest absolute Gasteiger partial charge is 0.472 e. The van der Waals surface area contributed by atoms with Crippen LogP contribution in [0.15, 0.2) is 29.1 Å². The van der Waals surface area contributed by atoms with Gasteiger partial charge >= 0.3 is 6.09 Å². The molecule has 2 aliphatic carbocycles. The number of furan rings is 1. The normalized spacial score (nSPS) is 18.1. The molecule has 0 aliphatic heterocycles. The van der Waals surface area contributed by atoms with E-state index in [1.165, 1.54) is 42.8 Å². The summed E-state index contributed by atoms with van der Waals surface area (Å²) in [6.45, 7) is 0.677. The predicted molar refractivity (Wildman–Crippen MR) is 108 cm³/mol. The standard InChI is InChI=1S/C21H21N3O4S/c22-10-17-16-5-4-15(28-21(26)23-11-13-1-2-13)9-18(16)29-20(17)24-19(25)6-3-14-7-8-27-12-14/h3,6-8,12-13,15H,1-2,4-5,9,11H2,(H,23,26)(H,24,25)/b6-3+. The number of fused-ring (bicyclic) bond motifs is 1. The summed E-state index contributed by atoms with van der Waals surface area (Å²) in [6, 6.07) is 3.96. The number of thiophene rings is 1. The zero-order chi connectivity index (χ0) is 20.2. The first-order chi connectivity index (χ1) is 14.1. The second-order valence-corrected chi connectivity index (χ2v) is 8.40. The zero-order valence-electron chi connectivity index (χ0n) is 15.8. The SMILES string of the molecule is N#Cc1c(NC(=O)/C=C/c2ccoc2)sc2c1CCC(OC(=O)NCC1CC1)C2. The molecule has 1 atom stereocenters. The van der Waals surface area contributed by atoms with E-state index >= 15 is 0 Å². The van der Waals surface area contributed by atoms with E-state index in [-0.39, 0.29) is 18.1 Å². The lowest BCUT2D eigenvalue weighted by atomic mass is 9.94. The summed E-state index contributed by atoms with van der Waals surface area (Å²) in [7, 11) is 0. The molecule has 0 bridgehead atoms. The molecular formula is C21H21N3O4S. The van der Waals surface area contributed by atoms with Gasteiger partial charge in [-0.2, -0.15) is 5.26 Å². The van der Waals surface area contributed by atoms with Crippen LogP contribution in [0.3, 0.4) is 0 Å². The molecule has 2 aromatic heterocycles. The van der Waals surface area contributed by atoms with Crippen LogP contribution < -0.4 is 10.6 Å². The van der Waals surface area contributed by atoms with Crippen molar-refractivity contribution in [3.63, 3.8) is 0 Å². The number of hydrogen-bond acceptors (Lipinski definition) is 6. The van der Waals surface area contributed by atoms with Gasteiger partial charge in [-0.05, 0) is 49.3 Å². The fourth-order valence-corrected chi connectivity index (χ4v) is 4.57. The predicted octanol–water partition coefficient (Wildman–Crippen LogP) is 3.86. The molecule has 150 valence electrons. The molecule has 7 nitrogen and oxygen atoms in total. The molecule has 2 aromatic rings. The number of alkyl carbamates (subject to hydrolysis) is 1. The van der Waals surface area contributed by atoms with Crippen molar-refractivity contribution in [2.24, 2.45) is 5.92 Å². The molecule has 4 rings (SSSR count). The number of carbonyl (C=O) groups excluding carboxylic acids is 2. The number of hydrogen-bond donors (Lipinski definition) is 2. The first-order valence-electron chi connectivity index (χ1n) is 9.62. The van der Waals surface area contributed by atoms with E-state index in [0.29, 0.717) is 42.3 Å². The summed E-state index contributed by atoms with van der Waals surface area (Å²) in [6.07, 6.45) is 9.75. The molecule has 2 amide bonds. The van der Waals surface area contributed by atoms with Crippen LogP contribution in [0.5, 0.6) is 0 Å². The molecule has 1 saturated carbocycles. The molecular weight excluding hydrogens is 390 g/mol. The third-order valence-corrected chi connectivity index (χ3v) is 6.21. The molecule has 2 N–H and O–H groups in total. The molecule has 2 heterocycles. The van der Waals surface area contributed by atoms with E-state index in [0.717, 1.165) is 16.0 Å². The Morgan fingerprint density at radius 2 is 2.24 bits per heavy atom. The van der Waals surface area contributed by atoms with Crippen molar-refractivity contribution in [2.75, 3.05) is 11.9 Å². The second-order valence-electron chi connectivity index (χ2n) is 7.29. The highest BCUT2D eigenvalue weighted by atomic mass is 32.1. The van der Waals surface area contributed by atoms with Gasteiger partial charge in [0.2, 0.25) is 5.91 Å². The fourth-order valence-electron chi connectivity index (χ4n) is 3.30. The quantitative estimate of drug-likeness (QED) is 0.703. The number of rotatable bonds is 6.